The molecule has 0 saturated carbocycles. The minimum Gasteiger partial charge on any atom is -0.385 e. The number of aromatic nitrogens is 1. The first kappa shape index (κ1) is 10.1. The van der Waals surface area contributed by atoms with Crippen molar-refractivity contribution in [2.75, 3.05) is 0 Å². The average Bonchev–Trinajstić information content (AvgIpc) is 2.20. The molecule has 80 valence electrons. The number of ketones is 1. The van der Waals surface area contributed by atoms with Crippen molar-refractivity contribution in [3.8, 4) is 0 Å². The fourth-order valence-electron chi connectivity index (χ4n) is 2.12. The summed E-state index contributed by atoms with van der Waals surface area (Å²) < 4.78 is 0. The highest BCUT2D eigenvalue weighted by molar-refractivity contribution is 5.84. The van der Waals surface area contributed by atoms with E-state index in [2.05, 4.69) is 4.98 Å². The first-order chi connectivity index (χ1) is 7.07. The van der Waals surface area contributed by atoms with Gasteiger partial charge in [0.15, 0.2) is 0 Å². The fourth-order valence-corrected chi connectivity index (χ4v) is 2.12. The van der Waals surface area contributed by atoms with E-state index >= 15 is 0 Å². The summed E-state index contributed by atoms with van der Waals surface area (Å²) in [5.74, 6) is -0.0800. The third-order valence-corrected chi connectivity index (χ3v) is 3.01. The van der Waals surface area contributed by atoms with Crippen LogP contribution in [0, 0.1) is 0 Å². The van der Waals surface area contributed by atoms with Crippen molar-refractivity contribution in [2.24, 2.45) is 0 Å². The molecule has 0 fully saturated rings. The van der Waals surface area contributed by atoms with Crippen molar-refractivity contribution in [1.29, 1.82) is 0 Å². The van der Waals surface area contributed by atoms with Gasteiger partial charge in [0.1, 0.15) is 5.78 Å². The number of hydrogen-bond acceptors (Lipinski definition) is 3. The lowest BCUT2D eigenvalue weighted by Gasteiger charge is -2.32. The van der Waals surface area contributed by atoms with Gasteiger partial charge in [-0.05, 0) is 18.1 Å². The quantitative estimate of drug-likeness (QED) is 0.704. The minimum atomic E-state index is -1.15. The van der Waals surface area contributed by atoms with Crippen LogP contribution in [0.5, 0.6) is 0 Å². The fraction of sp³-hybridized carbons (Fsp3) is 0.455. The zero-order valence-electron chi connectivity index (χ0n) is 8.54. The number of H-pyrrole nitrogens is 1. The molecule has 4 nitrogen and oxygen atoms in total. The molecule has 4 heteroatoms. The Balaban J connectivity index is 2.66. The Kier molecular flexibility index (Phi) is 2.23. The van der Waals surface area contributed by atoms with Gasteiger partial charge in [0.25, 0.3) is 5.56 Å². The minimum absolute atomic E-state index is 0.0800. The van der Waals surface area contributed by atoms with Crippen LogP contribution in [0.1, 0.15) is 30.9 Å². The Morgan fingerprint density at radius 1 is 1.53 bits per heavy atom. The molecule has 2 N–H and O–H groups in total. The van der Waals surface area contributed by atoms with Gasteiger partial charge in [-0.3, -0.25) is 9.59 Å². The van der Waals surface area contributed by atoms with Gasteiger partial charge in [-0.1, -0.05) is 6.92 Å². The van der Waals surface area contributed by atoms with Crippen molar-refractivity contribution >= 4 is 5.78 Å². The molecular formula is C11H13NO3. The third-order valence-electron chi connectivity index (χ3n) is 3.01. The monoisotopic (exact) mass is 207 g/mol. The van der Waals surface area contributed by atoms with Crippen LogP contribution in [-0.4, -0.2) is 15.9 Å². The zero-order valence-corrected chi connectivity index (χ0v) is 8.54. The molecule has 1 aliphatic rings. The number of Topliss-reactive ketones (excluding diaryl/α,β-unsaturated/α-hetero) is 1. The number of carbonyl (C=O) groups is 1. The Bertz CT molecular complexity index is 463. The first-order valence-corrected chi connectivity index (χ1v) is 5.02. The van der Waals surface area contributed by atoms with Crippen LogP contribution in [0.15, 0.2) is 17.1 Å². The Hall–Kier alpha value is -1.42. The van der Waals surface area contributed by atoms with Crippen molar-refractivity contribution in [3.63, 3.8) is 0 Å². The van der Waals surface area contributed by atoms with Gasteiger partial charge in [-0.25, -0.2) is 0 Å². The maximum Gasteiger partial charge on any atom is 0.251 e. The van der Waals surface area contributed by atoms with Gasteiger partial charge >= 0.3 is 0 Å². The second-order valence-electron chi connectivity index (χ2n) is 3.98. The molecule has 15 heavy (non-hydrogen) atoms. The van der Waals surface area contributed by atoms with E-state index in [0.717, 1.165) is 0 Å². The number of carbonyl (C=O) groups excluding carboxylic acids is 1. The Morgan fingerprint density at radius 3 is 2.93 bits per heavy atom. The van der Waals surface area contributed by atoms with Crippen LogP contribution in [0.25, 0.3) is 0 Å². The summed E-state index contributed by atoms with van der Waals surface area (Å²) in [6, 6.07) is 1.69. The topological polar surface area (TPSA) is 70.2 Å². The summed E-state index contributed by atoms with van der Waals surface area (Å²) in [5.41, 5.74) is -0.405. The molecule has 1 unspecified atom stereocenters. The highest BCUT2D eigenvalue weighted by Crippen LogP contribution is 2.34. The second kappa shape index (κ2) is 3.31. The van der Waals surface area contributed by atoms with Gasteiger partial charge in [0.05, 0.1) is 5.60 Å². The van der Waals surface area contributed by atoms with Crippen LogP contribution in [0.2, 0.25) is 0 Å². The highest BCUT2D eigenvalue weighted by Gasteiger charge is 2.37. The summed E-state index contributed by atoms with van der Waals surface area (Å²) >= 11 is 0. The molecule has 0 aliphatic heterocycles. The highest BCUT2D eigenvalue weighted by atomic mass is 16.3. The molecule has 0 saturated heterocycles. The summed E-state index contributed by atoms with van der Waals surface area (Å²) in [5, 5.41) is 10.3. The number of aliphatic hydroxyl groups is 1. The number of fused-ring (bicyclic) bond motifs is 1. The summed E-state index contributed by atoms with van der Waals surface area (Å²) in [6.45, 7) is 1.81. The lowest BCUT2D eigenvalue weighted by atomic mass is 9.78. The summed E-state index contributed by atoms with van der Waals surface area (Å²) in [6.07, 6.45) is 2.19. The van der Waals surface area contributed by atoms with Crippen LogP contribution in [-0.2, 0) is 16.8 Å². The number of hydrogen-bond donors (Lipinski definition) is 2. The summed E-state index contributed by atoms with van der Waals surface area (Å²) in [7, 11) is 0. The molecule has 1 atom stereocenters. The maximum absolute atomic E-state index is 11.5. The van der Waals surface area contributed by atoms with Gasteiger partial charge in [0.2, 0.25) is 0 Å². The third kappa shape index (κ3) is 1.51. The predicted octanol–water partition coefficient (Wildman–Crippen LogP) is 0.488. The van der Waals surface area contributed by atoms with Crippen molar-refractivity contribution < 1.29 is 9.90 Å². The normalized spacial score (nSPS) is 25.1. The number of nitrogens with one attached hydrogen (secondary N) is 1. The van der Waals surface area contributed by atoms with Crippen LogP contribution < -0.4 is 5.56 Å². The van der Waals surface area contributed by atoms with E-state index in [4.69, 9.17) is 0 Å². The molecule has 0 radical (unpaired) electrons. The summed E-state index contributed by atoms with van der Waals surface area (Å²) in [4.78, 5) is 25.5. The number of aromatic amines is 1. The van der Waals surface area contributed by atoms with Crippen molar-refractivity contribution in [1.82, 2.24) is 4.98 Å². The van der Waals surface area contributed by atoms with Gasteiger partial charge in [0, 0.05) is 24.6 Å². The van der Waals surface area contributed by atoms with Crippen LogP contribution in [0.4, 0.5) is 0 Å². The van der Waals surface area contributed by atoms with E-state index in [1.807, 2.05) is 6.92 Å². The van der Waals surface area contributed by atoms with Gasteiger partial charge in [-0.2, -0.15) is 0 Å². The molecule has 1 aromatic rings. The van der Waals surface area contributed by atoms with Crippen molar-refractivity contribution in [2.45, 2.75) is 31.8 Å². The smallest absolute Gasteiger partial charge is 0.251 e. The Morgan fingerprint density at radius 2 is 2.27 bits per heavy atom. The first-order valence-electron chi connectivity index (χ1n) is 5.02. The Labute approximate surface area is 87.0 Å². The van der Waals surface area contributed by atoms with Gasteiger partial charge < -0.3 is 10.1 Å². The SMILES string of the molecule is CCC1(O)CC(=O)Cc2c1cc[nH]c2=O. The van der Waals surface area contributed by atoms with Gasteiger partial charge in [-0.15, -0.1) is 0 Å². The van der Waals surface area contributed by atoms with Crippen LogP contribution in [0.3, 0.4) is 0 Å². The van der Waals surface area contributed by atoms with E-state index in [9.17, 15) is 14.7 Å². The van der Waals surface area contributed by atoms with Crippen molar-refractivity contribution in [3.05, 3.63) is 33.7 Å². The zero-order chi connectivity index (χ0) is 11.1. The lowest BCUT2D eigenvalue weighted by Crippen LogP contribution is -2.38. The molecule has 1 heterocycles. The van der Waals surface area contributed by atoms with Crippen LogP contribution >= 0.6 is 0 Å². The van der Waals surface area contributed by atoms with E-state index in [1.165, 1.54) is 6.20 Å². The molecule has 0 amide bonds. The lowest BCUT2D eigenvalue weighted by molar-refractivity contribution is -0.125. The molecule has 0 aromatic carbocycles. The van der Waals surface area contributed by atoms with E-state index in [-0.39, 0.29) is 24.2 Å². The second-order valence-corrected chi connectivity index (χ2v) is 3.98. The predicted molar refractivity (Wildman–Crippen MR) is 54.6 cm³/mol. The largest absolute Gasteiger partial charge is 0.385 e. The molecular weight excluding hydrogens is 194 g/mol. The molecule has 2 rings (SSSR count). The molecule has 0 spiro atoms. The van der Waals surface area contributed by atoms with E-state index in [0.29, 0.717) is 17.5 Å². The van der Waals surface area contributed by atoms with E-state index in [1.54, 1.807) is 6.07 Å². The standard InChI is InChI=1S/C11H13NO3/c1-2-11(15)6-7(13)5-8-9(11)3-4-12-10(8)14/h3-4,15H,2,5-6H2,1H3,(H,12,14). The number of rotatable bonds is 1. The van der Waals surface area contributed by atoms with E-state index < -0.39 is 5.60 Å². The average molecular weight is 207 g/mol. The molecule has 0 bridgehead atoms. The number of pyridine rings is 1. The maximum atomic E-state index is 11.5. The molecule has 1 aliphatic carbocycles. The molecule has 1 aromatic heterocycles.